The van der Waals surface area contributed by atoms with Crippen LogP contribution < -0.4 is 4.74 Å². The molecule has 0 aliphatic heterocycles. The van der Waals surface area contributed by atoms with E-state index < -0.39 is 0 Å². The lowest BCUT2D eigenvalue weighted by molar-refractivity contribution is 0.488. The quantitative estimate of drug-likeness (QED) is 0.459. The fourth-order valence-corrected chi connectivity index (χ4v) is 3.51. The molecule has 4 rings (SSSR count). The predicted octanol–water partition coefficient (Wildman–Crippen LogP) is 5.65. The van der Waals surface area contributed by atoms with Gasteiger partial charge in [0.05, 0.1) is 0 Å². The van der Waals surface area contributed by atoms with Crippen LogP contribution in [0.3, 0.4) is 0 Å². The number of hydrogen-bond donors (Lipinski definition) is 0. The molecule has 0 N–H and O–H groups in total. The summed E-state index contributed by atoms with van der Waals surface area (Å²) >= 11 is 1.80. The van der Waals surface area contributed by atoms with Gasteiger partial charge in [0.25, 0.3) is 0 Å². The number of hydrogen-bond acceptors (Lipinski definition) is 2. The molecule has 0 aliphatic rings. The Hall–Kier alpha value is -2.32. The Bertz CT molecular complexity index is 878. The van der Waals surface area contributed by atoms with Crippen LogP contribution in [0.15, 0.2) is 66.7 Å². The van der Waals surface area contributed by atoms with Crippen LogP contribution >= 0.6 is 11.3 Å². The van der Waals surface area contributed by atoms with E-state index in [0.717, 1.165) is 11.5 Å². The molecule has 4 aromatic rings. The second-order valence-corrected chi connectivity index (χ2v) is 5.64. The van der Waals surface area contributed by atoms with Gasteiger partial charge in [-0.25, -0.2) is 0 Å². The maximum absolute atomic E-state index is 6.01. The van der Waals surface area contributed by atoms with Gasteiger partial charge in [0.2, 0.25) is 0 Å². The van der Waals surface area contributed by atoms with Crippen LogP contribution in [-0.2, 0) is 0 Å². The first kappa shape index (κ1) is 11.5. The van der Waals surface area contributed by atoms with Crippen molar-refractivity contribution in [2.24, 2.45) is 0 Å². The minimum Gasteiger partial charge on any atom is -0.456 e. The zero-order valence-electron chi connectivity index (χ0n) is 10.7. The van der Waals surface area contributed by atoms with Crippen molar-refractivity contribution in [1.82, 2.24) is 0 Å². The molecule has 1 nitrogen and oxygen atoms in total. The SMILES string of the molecule is [c]1ccccc1Oc1cccc2sc3ccccc3c12. The van der Waals surface area contributed by atoms with Gasteiger partial charge >= 0.3 is 0 Å². The molecule has 0 aliphatic carbocycles. The van der Waals surface area contributed by atoms with Gasteiger partial charge in [-0.15, -0.1) is 11.3 Å². The van der Waals surface area contributed by atoms with Crippen molar-refractivity contribution in [2.75, 3.05) is 0 Å². The molecule has 95 valence electrons. The molecule has 0 bridgehead atoms. The highest BCUT2D eigenvalue weighted by atomic mass is 32.1. The monoisotopic (exact) mass is 275 g/mol. The first-order chi connectivity index (χ1) is 9.92. The molecule has 0 atom stereocenters. The van der Waals surface area contributed by atoms with Gasteiger partial charge in [0.15, 0.2) is 0 Å². The van der Waals surface area contributed by atoms with Crippen molar-refractivity contribution in [2.45, 2.75) is 0 Å². The first-order valence-electron chi connectivity index (χ1n) is 6.47. The Kier molecular flexibility index (Phi) is 2.68. The minimum absolute atomic E-state index is 0.746. The fourth-order valence-electron chi connectivity index (χ4n) is 2.39. The minimum atomic E-state index is 0.746. The Morgan fingerprint density at radius 2 is 1.65 bits per heavy atom. The lowest BCUT2D eigenvalue weighted by atomic mass is 10.1. The highest BCUT2D eigenvalue weighted by molar-refractivity contribution is 7.25. The lowest BCUT2D eigenvalue weighted by Gasteiger charge is -2.06. The van der Waals surface area contributed by atoms with Crippen LogP contribution in [0.2, 0.25) is 0 Å². The molecular weight excluding hydrogens is 264 g/mol. The zero-order valence-corrected chi connectivity index (χ0v) is 11.5. The maximum Gasteiger partial charge on any atom is 0.136 e. The number of benzene rings is 3. The third kappa shape index (κ3) is 1.86. The first-order valence-corrected chi connectivity index (χ1v) is 7.28. The van der Waals surface area contributed by atoms with Crippen molar-refractivity contribution < 1.29 is 4.74 Å². The molecule has 1 heterocycles. The maximum atomic E-state index is 6.01. The average Bonchev–Trinajstić information content (AvgIpc) is 2.88. The Balaban J connectivity index is 1.95. The van der Waals surface area contributed by atoms with Crippen LogP contribution in [-0.4, -0.2) is 0 Å². The Morgan fingerprint density at radius 1 is 0.800 bits per heavy atom. The molecule has 2 heteroatoms. The van der Waals surface area contributed by atoms with Crippen molar-refractivity contribution in [3.8, 4) is 11.5 Å². The second kappa shape index (κ2) is 4.66. The second-order valence-electron chi connectivity index (χ2n) is 4.56. The van der Waals surface area contributed by atoms with E-state index in [1.54, 1.807) is 11.3 Å². The molecule has 0 unspecified atom stereocenters. The summed E-state index contributed by atoms with van der Waals surface area (Å²) in [5, 5.41) is 2.43. The average molecular weight is 275 g/mol. The van der Waals surface area contributed by atoms with Crippen molar-refractivity contribution in [3.63, 3.8) is 0 Å². The van der Waals surface area contributed by atoms with Gasteiger partial charge in [0, 0.05) is 26.2 Å². The van der Waals surface area contributed by atoms with E-state index in [2.05, 4.69) is 36.4 Å². The van der Waals surface area contributed by atoms with E-state index in [9.17, 15) is 0 Å². The summed E-state index contributed by atoms with van der Waals surface area (Å²) in [5.41, 5.74) is 0. The molecule has 0 spiro atoms. The van der Waals surface area contributed by atoms with Gasteiger partial charge in [-0.2, -0.15) is 0 Å². The molecule has 0 fully saturated rings. The summed E-state index contributed by atoms with van der Waals surface area (Å²) in [6.45, 7) is 0. The molecule has 20 heavy (non-hydrogen) atoms. The Morgan fingerprint density at radius 3 is 2.55 bits per heavy atom. The number of fused-ring (bicyclic) bond motifs is 3. The molecule has 1 aromatic heterocycles. The Labute approximate surface area is 121 Å². The zero-order chi connectivity index (χ0) is 13.4. The predicted molar refractivity (Wildman–Crippen MR) is 84.7 cm³/mol. The van der Waals surface area contributed by atoms with E-state index >= 15 is 0 Å². The van der Waals surface area contributed by atoms with Gasteiger partial charge in [-0.05, 0) is 24.3 Å². The summed E-state index contributed by atoms with van der Waals surface area (Å²) in [6.07, 6.45) is 0. The molecule has 0 amide bonds. The highest BCUT2D eigenvalue weighted by Crippen LogP contribution is 2.40. The highest BCUT2D eigenvalue weighted by Gasteiger charge is 2.10. The number of ether oxygens (including phenoxy) is 1. The largest absolute Gasteiger partial charge is 0.456 e. The fraction of sp³-hybridized carbons (Fsp3) is 0. The van der Waals surface area contributed by atoms with Gasteiger partial charge in [-0.1, -0.05) is 42.5 Å². The lowest BCUT2D eigenvalue weighted by Crippen LogP contribution is -1.84. The molecule has 0 saturated heterocycles. The van der Waals surface area contributed by atoms with E-state index in [-0.39, 0.29) is 0 Å². The van der Waals surface area contributed by atoms with Crippen LogP contribution in [0.4, 0.5) is 0 Å². The van der Waals surface area contributed by atoms with Crippen molar-refractivity contribution >= 4 is 31.5 Å². The normalized spacial score (nSPS) is 11.0. The van der Waals surface area contributed by atoms with Crippen molar-refractivity contribution in [3.05, 3.63) is 72.8 Å². The third-order valence-corrected chi connectivity index (χ3v) is 4.40. The van der Waals surface area contributed by atoms with Crippen LogP contribution in [0, 0.1) is 6.07 Å². The van der Waals surface area contributed by atoms with Crippen molar-refractivity contribution in [1.29, 1.82) is 0 Å². The third-order valence-electron chi connectivity index (χ3n) is 3.26. The van der Waals surface area contributed by atoms with E-state index in [4.69, 9.17) is 4.74 Å². The molecule has 0 saturated carbocycles. The standard InChI is InChI=1S/C18H11OS/c1-2-7-13(8-3-1)19-15-10-6-12-17-18(15)14-9-4-5-11-16(14)20-17/h1-7,9-12H. The summed E-state index contributed by atoms with van der Waals surface area (Å²) < 4.78 is 8.55. The van der Waals surface area contributed by atoms with Crippen LogP contribution in [0.25, 0.3) is 20.2 Å². The van der Waals surface area contributed by atoms with E-state index in [0.29, 0.717) is 0 Å². The molecular formula is C18H11OS. The summed E-state index contributed by atoms with van der Waals surface area (Å²) in [5.74, 6) is 1.64. The van der Waals surface area contributed by atoms with E-state index in [1.165, 1.54) is 20.2 Å². The molecule has 3 aromatic carbocycles. The summed E-state index contributed by atoms with van der Waals surface area (Å²) in [6, 6.07) is 25.4. The topological polar surface area (TPSA) is 9.23 Å². The van der Waals surface area contributed by atoms with E-state index in [1.807, 2.05) is 36.4 Å². The van der Waals surface area contributed by atoms with Gasteiger partial charge in [0.1, 0.15) is 11.5 Å². The van der Waals surface area contributed by atoms with Gasteiger partial charge in [-0.3, -0.25) is 0 Å². The number of para-hydroxylation sites is 1. The number of thiophene rings is 1. The van der Waals surface area contributed by atoms with Gasteiger partial charge < -0.3 is 4.74 Å². The smallest absolute Gasteiger partial charge is 0.136 e. The van der Waals surface area contributed by atoms with Crippen LogP contribution in [0.1, 0.15) is 0 Å². The number of rotatable bonds is 2. The summed E-state index contributed by atoms with van der Waals surface area (Å²) in [7, 11) is 0. The molecule has 1 radical (unpaired) electrons. The van der Waals surface area contributed by atoms with Crippen LogP contribution in [0.5, 0.6) is 11.5 Å². The summed E-state index contributed by atoms with van der Waals surface area (Å²) in [4.78, 5) is 0.